The van der Waals surface area contributed by atoms with E-state index >= 15 is 0 Å². The SMILES string of the molecule is CC(=O)Nc1ccc(Cl)c(NC(=O)[C@H](C)N)c1. The molecule has 6 heteroatoms. The summed E-state index contributed by atoms with van der Waals surface area (Å²) >= 11 is 5.91. The molecule has 5 nitrogen and oxygen atoms in total. The predicted octanol–water partition coefficient (Wildman–Crippen LogP) is 1.58. The normalized spacial score (nSPS) is 11.8. The van der Waals surface area contributed by atoms with Gasteiger partial charge >= 0.3 is 0 Å². The molecular formula is C11H14ClN3O2. The number of nitrogens with one attached hydrogen (secondary N) is 2. The third-order valence-electron chi connectivity index (χ3n) is 1.96. The topological polar surface area (TPSA) is 84.2 Å². The second-order valence-electron chi connectivity index (χ2n) is 3.65. The molecule has 0 saturated heterocycles. The van der Waals surface area contributed by atoms with Gasteiger partial charge in [0.25, 0.3) is 0 Å². The Bertz CT molecular complexity index is 446. The summed E-state index contributed by atoms with van der Waals surface area (Å²) < 4.78 is 0. The van der Waals surface area contributed by atoms with Crippen LogP contribution in [0.5, 0.6) is 0 Å². The smallest absolute Gasteiger partial charge is 0.241 e. The van der Waals surface area contributed by atoms with E-state index in [1.54, 1.807) is 25.1 Å². The monoisotopic (exact) mass is 255 g/mol. The molecule has 0 fully saturated rings. The number of nitrogens with two attached hydrogens (primary N) is 1. The van der Waals surface area contributed by atoms with Crippen molar-refractivity contribution in [3.8, 4) is 0 Å². The van der Waals surface area contributed by atoms with Gasteiger partial charge in [0.2, 0.25) is 11.8 Å². The fourth-order valence-electron chi connectivity index (χ4n) is 1.15. The van der Waals surface area contributed by atoms with Gasteiger partial charge in [0.1, 0.15) is 0 Å². The zero-order valence-electron chi connectivity index (χ0n) is 9.58. The van der Waals surface area contributed by atoms with E-state index in [1.807, 2.05) is 0 Å². The molecule has 0 bridgehead atoms. The number of hydrogen-bond acceptors (Lipinski definition) is 3. The van der Waals surface area contributed by atoms with Crippen molar-refractivity contribution in [3.63, 3.8) is 0 Å². The molecule has 0 heterocycles. The van der Waals surface area contributed by atoms with E-state index in [9.17, 15) is 9.59 Å². The maximum atomic E-state index is 11.4. The highest BCUT2D eigenvalue weighted by Gasteiger charge is 2.10. The van der Waals surface area contributed by atoms with Crippen molar-refractivity contribution in [3.05, 3.63) is 23.2 Å². The molecule has 4 N–H and O–H groups in total. The highest BCUT2D eigenvalue weighted by Crippen LogP contribution is 2.25. The molecule has 17 heavy (non-hydrogen) atoms. The quantitative estimate of drug-likeness (QED) is 0.767. The van der Waals surface area contributed by atoms with E-state index in [2.05, 4.69) is 10.6 Å². The van der Waals surface area contributed by atoms with E-state index in [4.69, 9.17) is 17.3 Å². The zero-order chi connectivity index (χ0) is 13.0. The second kappa shape index (κ2) is 5.65. The molecule has 0 aliphatic heterocycles. The van der Waals surface area contributed by atoms with Crippen LogP contribution in [-0.4, -0.2) is 17.9 Å². The number of carbonyl (C=O) groups excluding carboxylic acids is 2. The van der Waals surface area contributed by atoms with E-state index in [1.165, 1.54) is 6.92 Å². The van der Waals surface area contributed by atoms with Crippen LogP contribution in [0.25, 0.3) is 0 Å². The molecule has 1 rings (SSSR count). The minimum atomic E-state index is -0.629. The maximum Gasteiger partial charge on any atom is 0.241 e. The Hall–Kier alpha value is -1.59. The summed E-state index contributed by atoms with van der Waals surface area (Å²) in [6, 6.07) is 4.18. The molecule has 0 radical (unpaired) electrons. The van der Waals surface area contributed by atoms with Crippen molar-refractivity contribution in [2.24, 2.45) is 5.73 Å². The van der Waals surface area contributed by atoms with Crippen LogP contribution in [0.4, 0.5) is 11.4 Å². The average molecular weight is 256 g/mol. The van der Waals surface area contributed by atoms with Gasteiger partial charge in [-0.3, -0.25) is 9.59 Å². The Labute approximate surface area is 104 Å². The van der Waals surface area contributed by atoms with Crippen molar-refractivity contribution in [1.29, 1.82) is 0 Å². The van der Waals surface area contributed by atoms with Crippen LogP contribution in [-0.2, 0) is 9.59 Å². The number of benzene rings is 1. The molecule has 0 aliphatic rings. The number of anilines is 2. The summed E-state index contributed by atoms with van der Waals surface area (Å²) in [5.41, 5.74) is 6.40. The first-order valence-corrected chi connectivity index (χ1v) is 5.41. The molecule has 0 saturated carbocycles. The fraction of sp³-hybridized carbons (Fsp3) is 0.273. The number of halogens is 1. The van der Waals surface area contributed by atoms with Crippen molar-refractivity contribution >= 4 is 34.8 Å². The lowest BCUT2D eigenvalue weighted by Crippen LogP contribution is -2.32. The molecule has 92 valence electrons. The van der Waals surface area contributed by atoms with Crippen LogP contribution in [0, 0.1) is 0 Å². The molecular weight excluding hydrogens is 242 g/mol. The number of carbonyl (C=O) groups is 2. The van der Waals surface area contributed by atoms with Gasteiger partial charge in [-0.15, -0.1) is 0 Å². The highest BCUT2D eigenvalue weighted by atomic mass is 35.5. The molecule has 0 spiro atoms. The zero-order valence-corrected chi connectivity index (χ0v) is 10.3. The summed E-state index contributed by atoms with van der Waals surface area (Å²) in [5.74, 6) is -0.538. The van der Waals surface area contributed by atoms with Gasteiger partial charge in [-0.2, -0.15) is 0 Å². The molecule has 1 aromatic rings. The van der Waals surface area contributed by atoms with Crippen molar-refractivity contribution < 1.29 is 9.59 Å². The molecule has 1 atom stereocenters. The van der Waals surface area contributed by atoms with Gasteiger partial charge in [-0.05, 0) is 25.1 Å². The Balaban J connectivity index is 2.90. The lowest BCUT2D eigenvalue weighted by molar-refractivity contribution is -0.117. The molecule has 1 aromatic carbocycles. The first-order valence-electron chi connectivity index (χ1n) is 5.03. The van der Waals surface area contributed by atoms with Crippen LogP contribution in [0.3, 0.4) is 0 Å². The van der Waals surface area contributed by atoms with E-state index in [-0.39, 0.29) is 11.8 Å². The fourth-order valence-corrected chi connectivity index (χ4v) is 1.31. The summed E-state index contributed by atoms with van der Waals surface area (Å²) in [5, 5.41) is 5.55. The largest absolute Gasteiger partial charge is 0.326 e. The minimum Gasteiger partial charge on any atom is -0.326 e. The van der Waals surface area contributed by atoms with E-state index < -0.39 is 6.04 Å². The Kier molecular flexibility index (Phi) is 4.48. The summed E-state index contributed by atoms with van der Waals surface area (Å²) in [7, 11) is 0. The Morgan fingerprint density at radius 3 is 2.53 bits per heavy atom. The third kappa shape index (κ3) is 4.05. The van der Waals surface area contributed by atoms with E-state index in [0.29, 0.717) is 16.4 Å². The van der Waals surface area contributed by atoms with Gasteiger partial charge in [-0.25, -0.2) is 0 Å². The van der Waals surface area contributed by atoms with Crippen molar-refractivity contribution in [2.75, 3.05) is 10.6 Å². The lowest BCUT2D eigenvalue weighted by Gasteiger charge is -2.11. The number of amides is 2. The van der Waals surface area contributed by atoms with Crippen LogP contribution in [0.15, 0.2) is 18.2 Å². The molecule has 0 aromatic heterocycles. The van der Waals surface area contributed by atoms with E-state index in [0.717, 1.165) is 0 Å². The average Bonchev–Trinajstić information content (AvgIpc) is 2.22. The summed E-state index contributed by atoms with van der Waals surface area (Å²) in [6.07, 6.45) is 0. The predicted molar refractivity (Wildman–Crippen MR) is 68.0 cm³/mol. The Morgan fingerprint density at radius 1 is 1.35 bits per heavy atom. The van der Waals surface area contributed by atoms with Crippen molar-refractivity contribution in [2.45, 2.75) is 19.9 Å². The number of hydrogen-bond donors (Lipinski definition) is 3. The highest BCUT2D eigenvalue weighted by molar-refractivity contribution is 6.33. The standard InChI is InChI=1S/C11H14ClN3O2/c1-6(13)11(17)15-10-5-8(14-7(2)16)3-4-9(10)12/h3-6H,13H2,1-2H3,(H,14,16)(H,15,17)/t6-/m0/s1. The maximum absolute atomic E-state index is 11.4. The molecule has 0 aliphatic carbocycles. The minimum absolute atomic E-state index is 0.197. The van der Waals surface area contributed by atoms with Gasteiger partial charge in [0, 0.05) is 12.6 Å². The first kappa shape index (κ1) is 13.5. The van der Waals surface area contributed by atoms with Gasteiger partial charge in [0.15, 0.2) is 0 Å². The lowest BCUT2D eigenvalue weighted by atomic mass is 10.2. The molecule has 2 amide bonds. The number of rotatable bonds is 3. The van der Waals surface area contributed by atoms with Crippen molar-refractivity contribution in [1.82, 2.24) is 0 Å². The summed E-state index contributed by atoms with van der Waals surface area (Å²) in [6.45, 7) is 2.97. The van der Waals surface area contributed by atoms with Gasteiger partial charge < -0.3 is 16.4 Å². The van der Waals surface area contributed by atoms with Crippen LogP contribution >= 0.6 is 11.6 Å². The third-order valence-corrected chi connectivity index (χ3v) is 2.29. The van der Waals surface area contributed by atoms with Gasteiger partial charge in [0.05, 0.1) is 16.8 Å². The van der Waals surface area contributed by atoms with Crippen LogP contribution in [0.2, 0.25) is 5.02 Å². The second-order valence-corrected chi connectivity index (χ2v) is 4.06. The first-order chi connectivity index (χ1) is 7.90. The van der Waals surface area contributed by atoms with Crippen LogP contribution < -0.4 is 16.4 Å². The Morgan fingerprint density at radius 2 is 2.00 bits per heavy atom. The molecule has 0 unspecified atom stereocenters. The summed E-state index contributed by atoms with van der Waals surface area (Å²) in [4.78, 5) is 22.3. The van der Waals surface area contributed by atoms with Gasteiger partial charge in [-0.1, -0.05) is 11.6 Å². The van der Waals surface area contributed by atoms with Crippen LogP contribution in [0.1, 0.15) is 13.8 Å².